The normalized spacial score (nSPS) is 12.8. The van der Waals surface area contributed by atoms with E-state index in [0.29, 0.717) is 48.1 Å². The Balaban J connectivity index is 1.16. The smallest absolute Gasteiger partial charge is 0.410 e. The SMILES string of the molecule is COCCN(Cc1cnc(-c2cc3nccc(Oc4ccc(CC(=O)CC5CC5)cc4F)c3s2)n1C)C(=O)OCc1ccccc1. The van der Waals surface area contributed by atoms with Crippen molar-refractivity contribution in [2.24, 2.45) is 13.0 Å². The highest BCUT2D eigenvalue weighted by molar-refractivity contribution is 7.22. The molecular formula is C35H35FN4O5S. The van der Waals surface area contributed by atoms with Gasteiger partial charge in [0.1, 0.15) is 24.0 Å². The summed E-state index contributed by atoms with van der Waals surface area (Å²) >= 11 is 1.43. The van der Waals surface area contributed by atoms with Crippen molar-refractivity contribution in [1.82, 2.24) is 19.4 Å². The maximum Gasteiger partial charge on any atom is 0.410 e. The Kier molecular flexibility index (Phi) is 9.70. The van der Waals surface area contributed by atoms with Crippen LogP contribution in [0.2, 0.25) is 0 Å². The second-order valence-corrected chi connectivity index (χ2v) is 12.5. The molecule has 3 aromatic heterocycles. The Morgan fingerprint density at radius 2 is 1.87 bits per heavy atom. The molecular weight excluding hydrogens is 607 g/mol. The van der Waals surface area contributed by atoms with E-state index in [0.717, 1.165) is 33.7 Å². The Labute approximate surface area is 270 Å². The second kappa shape index (κ2) is 14.2. The summed E-state index contributed by atoms with van der Waals surface area (Å²) in [4.78, 5) is 36.8. The van der Waals surface area contributed by atoms with Gasteiger partial charge in [0.15, 0.2) is 11.6 Å². The number of fused-ring (bicyclic) bond motifs is 1. The molecule has 9 nitrogen and oxygen atoms in total. The van der Waals surface area contributed by atoms with Gasteiger partial charge in [-0.15, -0.1) is 11.3 Å². The second-order valence-electron chi connectivity index (χ2n) is 11.5. The first-order valence-electron chi connectivity index (χ1n) is 15.2. The molecule has 3 heterocycles. The Morgan fingerprint density at radius 3 is 2.63 bits per heavy atom. The van der Waals surface area contributed by atoms with Gasteiger partial charge < -0.3 is 23.7 Å². The molecule has 11 heteroatoms. The minimum atomic E-state index is -0.521. The monoisotopic (exact) mass is 642 g/mol. The number of Topliss-reactive ketones (excluding diaryl/α,β-unsaturated/α-hetero) is 1. The number of nitrogens with zero attached hydrogens (tertiary/aromatic N) is 4. The van der Waals surface area contributed by atoms with Crippen molar-refractivity contribution in [2.75, 3.05) is 20.3 Å². The van der Waals surface area contributed by atoms with E-state index in [4.69, 9.17) is 14.2 Å². The van der Waals surface area contributed by atoms with Crippen molar-refractivity contribution in [2.45, 2.75) is 38.8 Å². The molecule has 6 rings (SSSR count). The molecule has 1 fully saturated rings. The molecule has 0 radical (unpaired) electrons. The number of halogens is 1. The molecule has 0 N–H and O–H groups in total. The van der Waals surface area contributed by atoms with Crippen LogP contribution in [0.15, 0.2) is 73.1 Å². The van der Waals surface area contributed by atoms with Crippen LogP contribution >= 0.6 is 11.3 Å². The number of hydrogen-bond acceptors (Lipinski definition) is 8. The van der Waals surface area contributed by atoms with Crippen molar-refractivity contribution in [1.29, 1.82) is 0 Å². The van der Waals surface area contributed by atoms with E-state index in [2.05, 4.69) is 9.97 Å². The van der Waals surface area contributed by atoms with E-state index in [-0.39, 0.29) is 31.1 Å². The first-order valence-corrected chi connectivity index (χ1v) is 16.0. The van der Waals surface area contributed by atoms with Gasteiger partial charge in [0.05, 0.1) is 40.1 Å². The fourth-order valence-electron chi connectivity index (χ4n) is 5.17. The van der Waals surface area contributed by atoms with Gasteiger partial charge in [0.2, 0.25) is 0 Å². The molecule has 0 aliphatic heterocycles. The summed E-state index contributed by atoms with van der Waals surface area (Å²) < 4.78 is 34.6. The average molecular weight is 643 g/mol. The minimum absolute atomic E-state index is 0.0791. The predicted octanol–water partition coefficient (Wildman–Crippen LogP) is 7.33. The lowest BCUT2D eigenvalue weighted by Crippen LogP contribution is -2.34. The van der Waals surface area contributed by atoms with Crippen molar-refractivity contribution in [3.8, 4) is 22.2 Å². The molecule has 2 aromatic carbocycles. The Hall–Kier alpha value is -4.61. The Bertz CT molecular complexity index is 1840. The number of amides is 1. The summed E-state index contributed by atoms with van der Waals surface area (Å²) in [6.45, 7) is 1.16. The molecule has 5 aromatic rings. The number of ether oxygens (including phenoxy) is 3. The lowest BCUT2D eigenvalue weighted by molar-refractivity contribution is -0.118. The first-order chi connectivity index (χ1) is 22.4. The molecule has 0 spiro atoms. The molecule has 46 heavy (non-hydrogen) atoms. The van der Waals surface area contributed by atoms with Crippen LogP contribution in [0, 0.1) is 11.7 Å². The summed E-state index contributed by atoms with van der Waals surface area (Å²) in [5.74, 6) is 1.37. The number of thiophene rings is 1. The average Bonchev–Trinajstić information content (AvgIpc) is 3.63. The van der Waals surface area contributed by atoms with Crippen LogP contribution in [0.5, 0.6) is 11.5 Å². The van der Waals surface area contributed by atoms with Crippen molar-refractivity contribution >= 4 is 33.4 Å². The van der Waals surface area contributed by atoms with Crippen LogP contribution in [0.25, 0.3) is 20.9 Å². The van der Waals surface area contributed by atoms with Gasteiger partial charge in [-0.3, -0.25) is 9.78 Å². The summed E-state index contributed by atoms with van der Waals surface area (Å²) in [7, 11) is 3.48. The fraction of sp³-hybridized carbons (Fsp3) is 0.314. The van der Waals surface area contributed by atoms with E-state index in [9.17, 15) is 9.59 Å². The summed E-state index contributed by atoms with van der Waals surface area (Å²) in [5.41, 5.74) is 3.05. The third kappa shape index (κ3) is 7.60. The molecule has 1 saturated carbocycles. The molecule has 1 amide bonds. The zero-order chi connectivity index (χ0) is 32.0. The number of benzene rings is 2. The van der Waals surface area contributed by atoms with E-state index in [1.165, 1.54) is 17.4 Å². The third-order valence-electron chi connectivity index (χ3n) is 7.89. The topological polar surface area (TPSA) is 95.8 Å². The summed E-state index contributed by atoms with van der Waals surface area (Å²) in [6, 6.07) is 17.8. The van der Waals surface area contributed by atoms with E-state index in [1.54, 1.807) is 42.6 Å². The van der Waals surface area contributed by atoms with Crippen LogP contribution in [-0.4, -0.2) is 51.6 Å². The molecule has 1 aliphatic rings. The van der Waals surface area contributed by atoms with E-state index < -0.39 is 11.9 Å². The van der Waals surface area contributed by atoms with E-state index >= 15 is 4.39 Å². The van der Waals surface area contributed by atoms with Crippen LogP contribution < -0.4 is 4.74 Å². The zero-order valence-corrected chi connectivity index (χ0v) is 26.6. The molecule has 1 aliphatic carbocycles. The number of imidazole rings is 1. The number of pyridine rings is 1. The lowest BCUT2D eigenvalue weighted by Gasteiger charge is -2.22. The summed E-state index contributed by atoms with van der Waals surface area (Å²) in [6.07, 6.45) is 5.93. The number of aromatic nitrogens is 3. The zero-order valence-electron chi connectivity index (χ0n) is 25.8. The highest BCUT2D eigenvalue weighted by Crippen LogP contribution is 2.39. The number of hydrogen-bond donors (Lipinski definition) is 0. The summed E-state index contributed by atoms with van der Waals surface area (Å²) in [5, 5.41) is 0. The number of methoxy groups -OCH3 is 1. The standard InChI is InChI=1S/C35H35FN4O5S/c1-39-26(21-40(14-15-43-2)35(42)44-22-24-6-4-3-5-7-24)20-38-34(39)32-19-29-33(46-32)31(12-13-37-29)45-30-11-10-25(18-28(30)36)17-27(41)16-23-8-9-23/h3-7,10-13,18-20,23H,8-9,14-17,21-22H2,1-2H3. The van der Waals surface area contributed by atoms with E-state index in [1.807, 2.05) is 48.0 Å². The highest BCUT2D eigenvalue weighted by atomic mass is 32.1. The first kappa shape index (κ1) is 31.4. The van der Waals surface area contributed by atoms with Crippen molar-refractivity contribution in [3.63, 3.8) is 0 Å². The van der Waals surface area contributed by atoms with Crippen LogP contribution in [0.3, 0.4) is 0 Å². The minimum Gasteiger partial charge on any atom is -0.453 e. The van der Waals surface area contributed by atoms with Crippen LogP contribution in [-0.2, 0) is 40.9 Å². The molecule has 0 unspecified atom stereocenters. The number of rotatable bonds is 14. The van der Waals surface area contributed by atoms with Gasteiger partial charge in [0, 0.05) is 45.8 Å². The Morgan fingerprint density at radius 1 is 1.04 bits per heavy atom. The fourth-order valence-corrected chi connectivity index (χ4v) is 6.27. The molecule has 0 bridgehead atoms. The van der Waals surface area contributed by atoms with Crippen molar-refractivity contribution < 1.29 is 28.2 Å². The van der Waals surface area contributed by atoms with Gasteiger partial charge in [-0.05, 0) is 48.1 Å². The third-order valence-corrected chi connectivity index (χ3v) is 9.03. The maximum absolute atomic E-state index is 15.1. The molecule has 0 saturated heterocycles. The number of carbonyl (C=O) groups excluding carboxylic acids is 2. The van der Waals surface area contributed by atoms with Gasteiger partial charge in [0.25, 0.3) is 0 Å². The highest BCUT2D eigenvalue weighted by Gasteiger charge is 2.25. The van der Waals surface area contributed by atoms with Gasteiger partial charge in [-0.25, -0.2) is 14.2 Å². The number of ketones is 1. The number of carbonyl (C=O) groups is 2. The van der Waals surface area contributed by atoms with Gasteiger partial charge in [-0.2, -0.15) is 0 Å². The van der Waals surface area contributed by atoms with Crippen molar-refractivity contribution in [3.05, 3.63) is 95.7 Å². The molecule has 0 atom stereocenters. The maximum atomic E-state index is 15.1. The van der Waals surface area contributed by atoms with Gasteiger partial charge >= 0.3 is 6.09 Å². The molecule has 238 valence electrons. The lowest BCUT2D eigenvalue weighted by atomic mass is 10.0. The quantitative estimate of drug-likeness (QED) is 0.125. The van der Waals surface area contributed by atoms with Crippen LogP contribution in [0.1, 0.15) is 36.1 Å². The largest absolute Gasteiger partial charge is 0.453 e. The predicted molar refractivity (Wildman–Crippen MR) is 173 cm³/mol. The van der Waals surface area contributed by atoms with Crippen LogP contribution in [0.4, 0.5) is 9.18 Å². The van der Waals surface area contributed by atoms with Gasteiger partial charge in [-0.1, -0.05) is 36.4 Å².